The number of ether oxygens (including phenoxy) is 6. The van der Waals surface area contributed by atoms with E-state index in [0.717, 1.165) is 5.56 Å². The zero-order valence-corrected chi connectivity index (χ0v) is 26.1. The molecule has 0 saturated heterocycles. The Kier molecular flexibility index (Phi) is 18.8. The van der Waals surface area contributed by atoms with Crippen LogP contribution in [-0.2, 0) is 54.2 Å². The van der Waals surface area contributed by atoms with Crippen LogP contribution in [-0.4, -0.2) is 81.5 Å². The van der Waals surface area contributed by atoms with Crippen LogP contribution in [0, 0.1) is 0 Å². The maximum Gasteiger partial charge on any atom is 0.306 e. The normalized spacial score (nSPS) is 11.7. The van der Waals surface area contributed by atoms with Gasteiger partial charge in [0.2, 0.25) is 0 Å². The molecule has 1 aromatic carbocycles. The number of ketones is 2. The van der Waals surface area contributed by atoms with Crippen LogP contribution in [0.5, 0.6) is 0 Å². The molecule has 0 aliphatic carbocycles. The minimum absolute atomic E-state index is 0.0314. The third kappa shape index (κ3) is 17.3. The quantitative estimate of drug-likeness (QED) is 0.115. The predicted molar refractivity (Wildman–Crippen MR) is 157 cm³/mol. The molecule has 0 amide bonds. The second-order valence-corrected chi connectivity index (χ2v) is 11.0. The Labute approximate surface area is 250 Å². The molecular formula is C32H50O10. The molecule has 1 rings (SSSR count). The fraction of sp³-hybridized carbons (Fsp3) is 0.688. The largest absolute Gasteiger partial charge is 0.463 e. The lowest BCUT2D eigenvalue weighted by Crippen LogP contribution is -2.36. The molecule has 0 fully saturated rings. The van der Waals surface area contributed by atoms with Crippen molar-refractivity contribution in [2.45, 2.75) is 96.9 Å². The summed E-state index contributed by atoms with van der Waals surface area (Å²) in [4.78, 5) is 49.0. The molecule has 0 bridgehead atoms. The molecule has 0 aliphatic heterocycles. The van der Waals surface area contributed by atoms with Gasteiger partial charge in [0.05, 0.1) is 33.0 Å². The van der Waals surface area contributed by atoms with E-state index >= 15 is 0 Å². The Hall–Kier alpha value is -2.66. The van der Waals surface area contributed by atoms with Gasteiger partial charge < -0.3 is 28.4 Å². The molecule has 0 unspecified atom stereocenters. The third-order valence-corrected chi connectivity index (χ3v) is 6.59. The van der Waals surface area contributed by atoms with E-state index in [1.165, 1.54) is 0 Å². The lowest BCUT2D eigenvalue weighted by atomic mass is 9.98. The standard InChI is InChI=1S/C32H50O10/c1-31(2,41-23-21-38-20-19-37-5)27(33)15-9-11-17-29(35)39-22-24-42-32(3,4)28(34)16-10-12-18-30(36)40-25-26-13-7-6-8-14-26/h6-8,13-14H,9-12,15-25H2,1-5H3. The number of benzene rings is 1. The molecule has 0 atom stereocenters. The first-order chi connectivity index (χ1) is 20.0. The van der Waals surface area contributed by atoms with Gasteiger partial charge in [-0.1, -0.05) is 30.3 Å². The van der Waals surface area contributed by atoms with Gasteiger partial charge in [-0.25, -0.2) is 0 Å². The smallest absolute Gasteiger partial charge is 0.306 e. The summed E-state index contributed by atoms with van der Waals surface area (Å²) in [5.41, 5.74) is -1.01. The molecule has 1 aromatic rings. The van der Waals surface area contributed by atoms with Gasteiger partial charge in [0, 0.05) is 32.8 Å². The van der Waals surface area contributed by atoms with Gasteiger partial charge >= 0.3 is 11.9 Å². The zero-order valence-electron chi connectivity index (χ0n) is 26.1. The SMILES string of the molecule is COCCOCCOC(C)(C)C(=O)CCCCC(=O)OCCOC(C)(C)C(=O)CCCCC(=O)OCc1ccccc1. The van der Waals surface area contributed by atoms with Crippen molar-refractivity contribution in [1.29, 1.82) is 0 Å². The van der Waals surface area contributed by atoms with Gasteiger partial charge in [-0.15, -0.1) is 0 Å². The number of esters is 2. The number of hydrogen-bond donors (Lipinski definition) is 0. The molecule has 0 aliphatic rings. The molecule has 238 valence electrons. The molecule has 0 heterocycles. The molecular weight excluding hydrogens is 544 g/mol. The fourth-order valence-electron chi connectivity index (χ4n) is 3.81. The fourth-order valence-corrected chi connectivity index (χ4v) is 3.81. The van der Waals surface area contributed by atoms with Gasteiger partial charge in [-0.3, -0.25) is 19.2 Å². The summed E-state index contributed by atoms with van der Waals surface area (Å²) in [5.74, 6) is -0.778. The third-order valence-electron chi connectivity index (χ3n) is 6.59. The summed E-state index contributed by atoms with van der Waals surface area (Å²) in [6.45, 7) is 8.88. The van der Waals surface area contributed by atoms with Gasteiger partial charge in [0.15, 0.2) is 11.6 Å². The van der Waals surface area contributed by atoms with Crippen molar-refractivity contribution in [3.05, 3.63) is 35.9 Å². The van der Waals surface area contributed by atoms with E-state index in [1.807, 2.05) is 30.3 Å². The lowest BCUT2D eigenvalue weighted by Gasteiger charge is -2.24. The van der Waals surface area contributed by atoms with Crippen LogP contribution in [0.4, 0.5) is 0 Å². The summed E-state index contributed by atoms with van der Waals surface area (Å²) in [6.07, 6.45) is 3.20. The van der Waals surface area contributed by atoms with Crippen molar-refractivity contribution < 1.29 is 47.6 Å². The average molecular weight is 595 g/mol. The first kappa shape index (κ1) is 37.4. The second kappa shape index (κ2) is 21.1. The molecule has 0 aromatic heterocycles. The Balaban J connectivity index is 2.10. The van der Waals surface area contributed by atoms with E-state index < -0.39 is 11.2 Å². The van der Waals surface area contributed by atoms with Gasteiger partial charge in [-0.05, 0) is 58.9 Å². The van der Waals surface area contributed by atoms with Crippen LogP contribution in [0.1, 0.15) is 84.6 Å². The van der Waals surface area contributed by atoms with Crippen LogP contribution in [0.3, 0.4) is 0 Å². The molecule has 10 heteroatoms. The lowest BCUT2D eigenvalue weighted by molar-refractivity contribution is -0.151. The highest BCUT2D eigenvalue weighted by molar-refractivity contribution is 5.87. The predicted octanol–water partition coefficient (Wildman–Crippen LogP) is 4.79. The average Bonchev–Trinajstić information content (AvgIpc) is 2.96. The van der Waals surface area contributed by atoms with Crippen LogP contribution in [0.15, 0.2) is 30.3 Å². The van der Waals surface area contributed by atoms with E-state index in [4.69, 9.17) is 28.4 Å². The topological polar surface area (TPSA) is 124 Å². The molecule has 0 spiro atoms. The van der Waals surface area contributed by atoms with Gasteiger partial charge in [0.25, 0.3) is 0 Å². The van der Waals surface area contributed by atoms with Crippen LogP contribution >= 0.6 is 0 Å². The maximum atomic E-state index is 12.6. The van der Waals surface area contributed by atoms with E-state index in [0.29, 0.717) is 58.5 Å². The molecule has 0 N–H and O–H groups in total. The highest BCUT2D eigenvalue weighted by Crippen LogP contribution is 2.17. The summed E-state index contributed by atoms with van der Waals surface area (Å²) >= 11 is 0. The minimum atomic E-state index is -1.02. The van der Waals surface area contributed by atoms with Crippen molar-refractivity contribution in [2.24, 2.45) is 0 Å². The van der Waals surface area contributed by atoms with E-state index in [1.54, 1.807) is 34.8 Å². The van der Waals surface area contributed by atoms with Crippen LogP contribution in [0.25, 0.3) is 0 Å². The van der Waals surface area contributed by atoms with Gasteiger partial charge in [0.1, 0.15) is 24.4 Å². The van der Waals surface area contributed by atoms with Crippen molar-refractivity contribution in [2.75, 3.05) is 46.8 Å². The molecule has 0 saturated carbocycles. The maximum absolute atomic E-state index is 12.6. The molecule has 42 heavy (non-hydrogen) atoms. The molecule has 0 radical (unpaired) electrons. The Morgan fingerprint density at radius 1 is 0.595 bits per heavy atom. The number of methoxy groups -OCH3 is 1. The number of rotatable bonds is 25. The zero-order chi connectivity index (χ0) is 31.3. The van der Waals surface area contributed by atoms with Crippen LogP contribution in [0.2, 0.25) is 0 Å². The van der Waals surface area contributed by atoms with E-state index in [9.17, 15) is 19.2 Å². The number of Topliss-reactive ketones (excluding diaryl/α,β-unsaturated/α-hetero) is 2. The second-order valence-electron chi connectivity index (χ2n) is 11.0. The summed E-state index contributed by atoms with van der Waals surface area (Å²) < 4.78 is 32.0. The van der Waals surface area contributed by atoms with Crippen LogP contribution < -0.4 is 0 Å². The minimum Gasteiger partial charge on any atom is -0.463 e. The first-order valence-corrected chi connectivity index (χ1v) is 14.7. The van der Waals surface area contributed by atoms with Crippen molar-refractivity contribution in [3.8, 4) is 0 Å². The summed E-state index contributed by atoms with van der Waals surface area (Å²) in [5, 5.41) is 0. The number of carbonyl (C=O) groups is 4. The number of carbonyl (C=O) groups excluding carboxylic acids is 4. The number of hydrogen-bond acceptors (Lipinski definition) is 10. The first-order valence-electron chi connectivity index (χ1n) is 14.7. The summed E-state index contributed by atoms with van der Waals surface area (Å²) in [7, 11) is 1.60. The van der Waals surface area contributed by atoms with E-state index in [2.05, 4.69) is 0 Å². The van der Waals surface area contributed by atoms with Crippen molar-refractivity contribution >= 4 is 23.5 Å². The Bertz CT molecular complexity index is 926. The highest BCUT2D eigenvalue weighted by Gasteiger charge is 2.28. The number of unbranched alkanes of at least 4 members (excludes halogenated alkanes) is 2. The van der Waals surface area contributed by atoms with Crippen molar-refractivity contribution in [3.63, 3.8) is 0 Å². The molecule has 10 nitrogen and oxygen atoms in total. The van der Waals surface area contributed by atoms with Gasteiger partial charge in [-0.2, -0.15) is 0 Å². The van der Waals surface area contributed by atoms with E-state index in [-0.39, 0.29) is 62.6 Å². The van der Waals surface area contributed by atoms with Crippen molar-refractivity contribution in [1.82, 2.24) is 0 Å². The summed E-state index contributed by atoms with van der Waals surface area (Å²) in [6, 6.07) is 9.46. The Morgan fingerprint density at radius 2 is 1.07 bits per heavy atom. The monoisotopic (exact) mass is 594 g/mol. The Morgan fingerprint density at radius 3 is 1.62 bits per heavy atom. The highest BCUT2D eigenvalue weighted by atomic mass is 16.6.